The summed E-state index contributed by atoms with van der Waals surface area (Å²) in [7, 11) is 0. The van der Waals surface area contributed by atoms with Crippen LogP contribution in [0.2, 0.25) is 0 Å². The molecule has 2 aromatic heterocycles. The van der Waals surface area contributed by atoms with Crippen LogP contribution < -0.4 is 5.73 Å². The van der Waals surface area contributed by atoms with E-state index in [0.29, 0.717) is 11.0 Å². The molecular formula is C18H19FN4O4. The van der Waals surface area contributed by atoms with E-state index in [-0.39, 0.29) is 11.4 Å². The lowest BCUT2D eigenvalue weighted by molar-refractivity contribution is -0.115. The molecule has 5 N–H and O–H groups in total. The highest BCUT2D eigenvalue weighted by atomic mass is 19.1. The van der Waals surface area contributed by atoms with Crippen LogP contribution >= 0.6 is 0 Å². The van der Waals surface area contributed by atoms with Gasteiger partial charge in [0.1, 0.15) is 47.5 Å². The molecule has 5 atom stereocenters. The molecule has 0 bridgehead atoms. The Morgan fingerprint density at radius 3 is 2.85 bits per heavy atom. The number of nitrogen functional groups attached to an aromatic ring is 1. The first-order chi connectivity index (χ1) is 12.8. The van der Waals surface area contributed by atoms with Gasteiger partial charge in [-0.15, -0.1) is 0 Å². The molecule has 9 heteroatoms. The van der Waals surface area contributed by atoms with Crippen molar-refractivity contribution in [3.8, 4) is 0 Å². The second kappa shape index (κ2) is 6.24. The molecule has 1 aromatic carbocycles. The fraction of sp³-hybridized carbons (Fsp3) is 0.333. The van der Waals surface area contributed by atoms with Gasteiger partial charge in [-0.25, -0.2) is 14.4 Å². The molecule has 142 valence electrons. The van der Waals surface area contributed by atoms with E-state index < -0.39 is 36.0 Å². The van der Waals surface area contributed by atoms with Crippen LogP contribution in [0.3, 0.4) is 0 Å². The van der Waals surface area contributed by atoms with Crippen molar-refractivity contribution in [1.82, 2.24) is 14.5 Å². The number of nitrogens with two attached hydrogens (primary N) is 1. The van der Waals surface area contributed by atoms with Crippen molar-refractivity contribution in [3.05, 3.63) is 54.2 Å². The Morgan fingerprint density at radius 1 is 1.33 bits per heavy atom. The predicted octanol–water partition coefficient (Wildman–Crippen LogP) is 0.895. The van der Waals surface area contributed by atoms with Gasteiger partial charge in [-0.2, -0.15) is 0 Å². The van der Waals surface area contributed by atoms with Crippen molar-refractivity contribution in [2.45, 2.75) is 37.1 Å². The first-order valence-electron chi connectivity index (χ1n) is 8.37. The van der Waals surface area contributed by atoms with Crippen LogP contribution in [0.4, 0.5) is 10.2 Å². The van der Waals surface area contributed by atoms with Crippen molar-refractivity contribution in [2.75, 3.05) is 5.73 Å². The molecule has 0 unspecified atom stereocenters. The lowest BCUT2D eigenvalue weighted by atomic mass is 9.88. The zero-order chi connectivity index (χ0) is 19.3. The van der Waals surface area contributed by atoms with Gasteiger partial charge in [0.05, 0.1) is 5.39 Å². The van der Waals surface area contributed by atoms with E-state index in [1.165, 1.54) is 36.0 Å². The number of benzene rings is 1. The highest BCUT2D eigenvalue weighted by Crippen LogP contribution is 2.43. The highest BCUT2D eigenvalue weighted by molar-refractivity contribution is 5.86. The Labute approximate surface area is 153 Å². The third-order valence-electron chi connectivity index (χ3n) is 5.02. The molecular weight excluding hydrogens is 355 g/mol. The Bertz CT molecular complexity index is 992. The predicted molar refractivity (Wildman–Crippen MR) is 93.8 cm³/mol. The minimum atomic E-state index is -1.80. The van der Waals surface area contributed by atoms with Crippen molar-refractivity contribution < 1.29 is 24.4 Å². The van der Waals surface area contributed by atoms with Crippen LogP contribution in [0.15, 0.2) is 42.9 Å². The number of hydrogen-bond acceptors (Lipinski definition) is 7. The minimum absolute atomic E-state index is 0.233. The molecule has 4 rings (SSSR count). The quantitative estimate of drug-likeness (QED) is 0.536. The topological polar surface area (TPSA) is 127 Å². The van der Waals surface area contributed by atoms with Crippen molar-refractivity contribution in [2.24, 2.45) is 0 Å². The molecule has 0 amide bonds. The highest BCUT2D eigenvalue weighted by Gasteiger charge is 2.55. The molecule has 3 heterocycles. The van der Waals surface area contributed by atoms with E-state index in [2.05, 4.69) is 9.97 Å². The average Bonchev–Trinajstić information content (AvgIpc) is 3.15. The molecule has 1 fully saturated rings. The number of anilines is 1. The third-order valence-corrected chi connectivity index (χ3v) is 5.02. The Morgan fingerprint density at radius 2 is 2.11 bits per heavy atom. The molecule has 1 aliphatic heterocycles. The van der Waals surface area contributed by atoms with E-state index in [1.54, 1.807) is 12.3 Å². The monoisotopic (exact) mass is 374 g/mol. The van der Waals surface area contributed by atoms with Gasteiger partial charge in [-0.3, -0.25) is 0 Å². The number of aromatic nitrogens is 3. The molecule has 1 aliphatic rings. The Balaban J connectivity index is 1.71. The van der Waals surface area contributed by atoms with Gasteiger partial charge in [-0.05, 0) is 30.7 Å². The molecule has 0 aliphatic carbocycles. The summed E-state index contributed by atoms with van der Waals surface area (Å²) in [6, 6.07) is 7.04. The zero-order valence-corrected chi connectivity index (χ0v) is 14.4. The van der Waals surface area contributed by atoms with Crippen molar-refractivity contribution >= 4 is 16.9 Å². The normalized spacial score (nSPS) is 29.3. The SMILES string of the molecule is C[C@@]1(O)[C@@H]([C@@H](O)c2cccc(F)c2)O[C@@H](n2ccc3c(N)ncnc32)[C@@H]1O. The lowest BCUT2D eigenvalue weighted by Gasteiger charge is -2.29. The fourth-order valence-electron chi connectivity index (χ4n) is 3.49. The average molecular weight is 374 g/mol. The number of rotatable bonds is 3. The summed E-state index contributed by atoms with van der Waals surface area (Å²) < 4.78 is 20.8. The number of fused-ring (bicyclic) bond motifs is 1. The van der Waals surface area contributed by atoms with Crippen LogP contribution in [-0.4, -0.2) is 47.7 Å². The van der Waals surface area contributed by atoms with E-state index in [9.17, 15) is 19.7 Å². The summed E-state index contributed by atoms with van der Waals surface area (Å²) in [4.78, 5) is 8.07. The molecule has 3 aromatic rings. The standard InChI is InChI=1S/C18H19FN4O4/c1-18(26)13(25)17(23-6-5-11-15(20)21-8-22-16(11)23)27-14(18)12(24)9-3-2-4-10(19)7-9/h2-8,12-14,17,24-26H,1H3,(H2,20,21,22)/t12-,13-,14+,17+,18-/m0/s1. The molecule has 0 saturated carbocycles. The minimum Gasteiger partial charge on any atom is -0.386 e. The van der Waals surface area contributed by atoms with E-state index in [1.807, 2.05) is 0 Å². The number of aliphatic hydroxyl groups excluding tert-OH is 2. The maximum absolute atomic E-state index is 13.5. The van der Waals surface area contributed by atoms with Crippen molar-refractivity contribution in [1.29, 1.82) is 0 Å². The van der Waals surface area contributed by atoms with Gasteiger partial charge in [0.15, 0.2) is 6.23 Å². The molecule has 1 saturated heterocycles. The largest absolute Gasteiger partial charge is 0.386 e. The van der Waals surface area contributed by atoms with Crippen LogP contribution in [-0.2, 0) is 4.74 Å². The Hall–Kier alpha value is -2.59. The number of ether oxygens (including phenoxy) is 1. The first-order valence-corrected chi connectivity index (χ1v) is 8.37. The number of hydrogen-bond donors (Lipinski definition) is 4. The number of halogens is 1. The molecule has 0 spiro atoms. The van der Waals surface area contributed by atoms with Gasteiger partial charge < -0.3 is 30.4 Å². The van der Waals surface area contributed by atoms with Crippen LogP contribution in [0.5, 0.6) is 0 Å². The fourth-order valence-corrected chi connectivity index (χ4v) is 3.49. The maximum Gasteiger partial charge on any atom is 0.164 e. The van der Waals surface area contributed by atoms with E-state index in [4.69, 9.17) is 10.5 Å². The number of nitrogens with zero attached hydrogens (tertiary/aromatic N) is 3. The smallest absolute Gasteiger partial charge is 0.164 e. The second-order valence-electron chi connectivity index (χ2n) is 6.84. The van der Waals surface area contributed by atoms with E-state index >= 15 is 0 Å². The second-order valence-corrected chi connectivity index (χ2v) is 6.84. The van der Waals surface area contributed by atoms with Gasteiger partial charge in [0.2, 0.25) is 0 Å². The summed E-state index contributed by atoms with van der Waals surface area (Å²) in [5.74, 6) is -0.251. The molecule has 0 radical (unpaired) electrons. The summed E-state index contributed by atoms with van der Waals surface area (Å²) >= 11 is 0. The molecule has 27 heavy (non-hydrogen) atoms. The van der Waals surface area contributed by atoms with Gasteiger partial charge >= 0.3 is 0 Å². The third kappa shape index (κ3) is 2.76. The van der Waals surface area contributed by atoms with Crippen LogP contribution in [0.1, 0.15) is 24.8 Å². The summed E-state index contributed by atoms with van der Waals surface area (Å²) in [5, 5.41) is 32.7. The van der Waals surface area contributed by atoms with Crippen LogP contribution in [0.25, 0.3) is 11.0 Å². The van der Waals surface area contributed by atoms with Crippen molar-refractivity contribution in [3.63, 3.8) is 0 Å². The van der Waals surface area contributed by atoms with Crippen LogP contribution in [0, 0.1) is 5.82 Å². The van der Waals surface area contributed by atoms with E-state index in [0.717, 1.165) is 6.07 Å². The summed E-state index contributed by atoms with van der Waals surface area (Å²) in [6.07, 6.45) is -2.06. The number of aliphatic hydroxyl groups is 3. The van der Waals surface area contributed by atoms with Gasteiger partial charge in [0, 0.05) is 6.20 Å². The summed E-state index contributed by atoms with van der Waals surface area (Å²) in [5.41, 5.74) is 4.68. The van der Waals surface area contributed by atoms with Gasteiger partial charge in [0.25, 0.3) is 0 Å². The lowest BCUT2D eigenvalue weighted by Crippen LogP contribution is -2.47. The zero-order valence-electron chi connectivity index (χ0n) is 14.4. The summed E-state index contributed by atoms with van der Waals surface area (Å²) in [6.45, 7) is 1.36. The van der Waals surface area contributed by atoms with Gasteiger partial charge in [-0.1, -0.05) is 12.1 Å². The first kappa shape index (κ1) is 17.8. The maximum atomic E-state index is 13.5. The Kier molecular flexibility index (Phi) is 4.11. The molecule has 8 nitrogen and oxygen atoms in total.